The lowest BCUT2D eigenvalue weighted by molar-refractivity contribution is 0.465. The fraction of sp³-hybridized carbons (Fsp3) is 0.239. The van der Waals surface area contributed by atoms with Gasteiger partial charge in [-0.05, 0) is 445 Å². The number of benzene rings is 17. The lowest BCUT2D eigenvalue weighted by Gasteiger charge is -2.44. The van der Waals surface area contributed by atoms with Crippen molar-refractivity contribution < 1.29 is 9.47 Å². The van der Waals surface area contributed by atoms with Gasteiger partial charge in [0.2, 0.25) is 0 Å². The lowest BCUT2D eigenvalue weighted by Crippen LogP contribution is -2.65. The van der Waals surface area contributed by atoms with Gasteiger partial charge in [0.25, 0.3) is 20.1 Å². The molecule has 2 aromatic heterocycles. The van der Waals surface area contributed by atoms with Gasteiger partial charge in [0.15, 0.2) is 0 Å². The summed E-state index contributed by atoms with van der Waals surface area (Å²) in [6, 6.07) is 107. The lowest BCUT2D eigenvalue weighted by atomic mass is 9.29. The number of hydrogen-bond acceptors (Lipinski definition) is 7. The second-order valence-corrected chi connectivity index (χ2v) is 48.6. The first-order chi connectivity index (χ1) is 69.3. The molecule has 0 bridgehead atoms. The molecule has 0 spiro atoms. The predicted molar refractivity (Wildman–Crippen MR) is 626 cm³/mol. The molecule has 0 unspecified atom stereocenters. The topological polar surface area (TPSA) is 44.5 Å². The van der Waals surface area contributed by atoms with Gasteiger partial charge in [-0.2, -0.15) is 0 Å². The smallest absolute Gasteiger partial charge is 0.260 e. The first kappa shape index (κ1) is 92.3. The van der Waals surface area contributed by atoms with Gasteiger partial charge >= 0.3 is 0 Å². The zero-order valence-electron chi connectivity index (χ0n) is 90.1. The summed E-state index contributed by atoms with van der Waals surface area (Å²) >= 11 is 0. The molecule has 6 aliphatic heterocycles. The predicted octanol–water partition coefficient (Wildman–Crippen LogP) is 30.4. The Hall–Kier alpha value is -14.9. The minimum absolute atomic E-state index is 0.134. The summed E-state index contributed by atoms with van der Waals surface area (Å²) in [5.74, 6) is 3.07. The Balaban J connectivity index is 0.827. The molecule has 146 heavy (non-hydrogen) atoms. The summed E-state index contributed by atoms with van der Waals surface area (Å²) in [6.45, 7) is 63.4. The van der Waals surface area contributed by atoms with E-state index >= 15 is 0 Å². The van der Waals surface area contributed by atoms with Crippen LogP contribution in [0.3, 0.4) is 0 Å². The molecule has 0 atom stereocenters. The van der Waals surface area contributed by atoms with Crippen LogP contribution in [0.1, 0.15) is 194 Å². The van der Waals surface area contributed by atoms with Crippen molar-refractivity contribution in [2.45, 2.75) is 216 Å². The van der Waals surface area contributed by atoms with Crippen molar-refractivity contribution in [3.05, 3.63) is 378 Å². The van der Waals surface area contributed by atoms with Crippen LogP contribution in [0.5, 0.6) is 23.0 Å². The third kappa shape index (κ3) is 14.7. The molecule has 0 saturated carbocycles. The van der Waals surface area contributed by atoms with E-state index in [1.54, 1.807) is 0 Å². The van der Waals surface area contributed by atoms with E-state index in [1.807, 2.05) is 0 Å². The number of nitrogens with zero attached hydrogens (tertiary/aromatic N) is 7. The molecule has 9 nitrogen and oxygen atoms in total. The van der Waals surface area contributed by atoms with Gasteiger partial charge in [-0.3, -0.25) is 0 Å². The highest BCUT2D eigenvalue weighted by Crippen LogP contribution is 2.55. The van der Waals surface area contributed by atoms with Gasteiger partial charge in [0.1, 0.15) is 23.0 Å². The highest BCUT2D eigenvalue weighted by molar-refractivity contribution is 7.04. The molecule has 720 valence electrons. The van der Waals surface area contributed by atoms with Crippen LogP contribution in [-0.4, -0.2) is 29.3 Å². The van der Waals surface area contributed by atoms with E-state index in [2.05, 4.69) is 494 Å². The number of hydrogen-bond donors (Lipinski definition) is 0. The first-order valence-corrected chi connectivity index (χ1v) is 52.5. The van der Waals surface area contributed by atoms with Crippen LogP contribution in [0.4, 0.5) is 85.3 Å². The Kier molecular flexibility index (Phi) is 20.4. The zero-order chi connectivity index (χ0) is 102. The largest absolute Gasteiger partial charge is 0.458 e. The maximum atomic E-state index is 8.33. The van der Waals surface area contributed by atoms with Crippen LogP contribution in [0.2, 0.25) is 0 Å². The fourth-order valence-electron chi connectivity index (χ4n) is 26.2. The molecule has 12 heteroatoms. The summed E-state index contributed by atoms with van der Waals surface area (Å²) in [6.07, 6.45) is 0. The molecule has 0 N–H and O–H groups in total. The average molecular weight is 1900 g/mol. The monoisotopic (exact) mass is 1900 g/mol. The van der Waals surface area contributed by atoms with Crippen molar-refractivity contribution in [2.24, 2.45) is 0 Å². The molecule has 25 rings (SSSR count). The van der Waals surface area contributed by atoms with Crippen molar-refractivity contribution in [3.63, 3.8) is 0 Å². The molecule has 0 radical (unpaired) electrons. The molecule has 0 amide bonds. The van der Waals surface area contributed by atoms with E-state index in [9.17, 15) is 0 Å². The average Bonchev–Trinajstić information content (AvgIpc) is 1.42. The van der Waals surface area contributed by atoms with Crippen LogP contribution in [0.15, 0.2) is 267 Å². The van der Waals surface area contributed by atoms with E-state index < -0.39 is 6.71 Å². The number of aromatic nitrogens is 2. The number of anilines is 15. The standard InChI is InChI=1S/C134H128B3N7O2/c1-73-33-74(2)42-93(41-73)138(94-43-75(3)34-76(4)44-94)101-63-118-126-120(65-101)143-114-31-29-89(131(17,18)19)57-104(114)106-59-91(133(23,24)25)61-112(129(106)143)135(126)108-69-110-122(71-116(108)141(118)99-53-85(13)39-86(14)54-99)145-124-67-103(140(97-49-81(9)37-82(10)50-97)98-51-83(11)38-84(12)52-98)68-125-128(124)137(110)111-70-109-117(72-123(111)146-125)142(100-55-87(15)40-88(16)56-100)119-64-102(139(95-45-77(5)35-78(6)46-95)96-47-79(7)36-80(8)48-96)66-121-127(119)136(109)113-62-92(134(26,27)28)60-107-105-58-90(132(20,21)22)30-32-115(105)144(121)130(107)113/h29-72H,1-28H3. The first-order valence-electron chi connectivity index (χ1n) is 52.5. The molecule has 19 aromatic rings. The molecular formula is C134H128B3N7O2. The second-order valence-electron chi connectivity index (χ2n) is 48.6. The Morgan fingerprint density at radius 2 is 0.445 bits per heavy atom. The van der Waals surface area contributed by atoms with Crippen LogP contribution >= 0.6 is 0 Å². The molecule has 17 aromatic carbocycles. The van der Waals surface area contributed by atoms with Crippen LogP contribution in [-0.2, 0) is 21.7 Å². The highest BCUT2D eigenvalue weighted by Gasteiger charge is 2.52. The summed E-state index contributed by atoms with van der Waals surface area (Å²) in [5, 5.41) is 5.03. The van der Waals surface area contributed by atoms with Crippen molar-refractivity contribution in [1.29, 1.82) is 0 Å². The molecule has 0 aliphatic carbocycles. The van der Waals surface area contributed by atoms with Crippen molar-refractivity contribution in [2.75, 3.05) is 24.5 Å². The summed E-state index contributed by atoms with van der Waals surface area (Å²) in [7, 11) is 0. The van der Waals surface area contributed by atoms with E-state index in [0.717, 1.165) is 136 Å². The van der Waals surface area contributed by atoms with Gasteiger partial charge in [0, 0.05) is 142 Å². The highest BCUT2D eigenvalue weighted by atomic mass is 16.5. The quantitative estimate of drug-likeness (QED) is 0.120. The molecule has 0 fully saturated rings. The summed E-state index contributed by atoms with van der Waals surface area (Å²) in [5.41, 5.74) is 57.4. The summed E-state index contributed by atoms with van der Waals surface area (Å²) in [4.78, 5) is 12.8. The molecule has 6 aliphatic rings. The molecular weight excluding hydrogens is 1770 g/mol. The Labute approximate surface area is 863 Å². The third-order valence-corrected chi connectivity index (χ3v) is 32.0. The van der Waals surface area contributed by atoms with Crippen LogP contribution < -0.4 is 83.1 Å². The van der Waals surface area contributed by atoms with Crippen molar-refractivity contribution in [3.8, 4) is 34.4 Å². The minimum atomic E-state index is -0.462. The van der Waals surface area contributed by atoms with E-state index in [-0.39, 0.29) is 35.1 Å². The SMILES string of the molecule is Cc1cc(C)cc(N(c2cc(C)cc(C)c2)c2cc3c4c(c2)Oc2cc5c(cc2B4c2cc4c(cc2O3)N(c2cc(C)cc(C)c2)c2cc(N(c3cc(C)cc(C)c3)c3cc(C)cc(C)c3)cc3c2B4c2cc(C(C)(C)C)cc4c6cc(C(C)(C)C)ccc6n-3c24)B2c3c(cc(N(c4cc(C)cc(C)c4)c4cc(C)cc(C)c4)cc3-n3c4ccc(C(C)(C)C)cc4c4cc(C(C)(C)C)cc2c43)N5c2cc(C)cc(C)c2)c1. The van der Waals surface area contributed by atoms with Gasteiger partial charge in [-0.25, -0.2) is 0 Å². The molecule has 8 heterocycles. The second kappa shape index (κ2) is 32.3. The number of fused-ring (bicyclic) bond motifs is 18. The Morgan fingerprint density at radius 3 is 0.726 bits per heavy atom. The maximum Gasteiger partial charge on any atom is 0.260 e. The van der Waals surface area contributed by atoms with E-state index in [4.69, 9.17) is 9.47 Å². The van der Waals surface area contributed by atoms with E-state index in [0.29, 0.717) is 0 Å². The number of aryl methyl sites for hydroxylation is 16. The fourth-order valence-corrected chi connectivity index (χ4v) is 26.2. The van der Waals surface area contributed by atoms with Gasteiger partial charge < -0.3 is 43.1 Å². The Bertz CT molecular complexity index is 8220. The minimum Gasteiger partial charge on any atom is -0.458 e. The number of ether oxygens (including phenoxy) is 2. The van der Waals surface area contributed by atoms with Crippen LogP contribution in [0, 0.1) is 111 Å². The van der Waals surface area contributed by atoms with Crippen molar-refractivity contribution in [1.82, 2.24) is 9.13 Å². The normalized spacial score (nSPS) is 13.5. The van der Waals surface area contributed by atoms with Crippen LogP contribution in [0.25, 0.3) is 55.0 Å². The maximum absolute atomic E-state index is 8.33. The zero-order valence-corrected chi connectivity index (χ0v) is 90.1. The van der Waals surface area contributed by atoms with Gasteiger partial charge in [0.05, 0.1) is 28.1 Å². The number of rotatable bonds is 11. The molecule has 0 saturated heterocycles. The van der Waals surface area contributed by atoms with E-state index in [1.165, 1.54) is 188 Å². The Morgan fingerprint density at radius 1 is 0.199 bits per heavy atom. The van der Waals surface area contributed by atoms with Crippen molar-refractivity contribution >= 4 is 198 Å². The third-order valence-electron chi connectivity index (χ3n) is 32.0. The van der Waals surface area contributed by atoms with Gasteiger partial charge in [-0.15, -0.1) is 0 Å². The van der Waals surface area contributed by atoms with Gasteiger partial charge in [-0.1, -0.05) is 168 Å². The summed E-state index contributed by atoms with van der Waals surface area (Å²) < 4.78 is 22.1.